The van der Waals surface area contributed by atoms with E-state index < -0.39 is 0 Å². The molecule has 0 spiro atoms. The third-order valence-corrected chi connectivity index (χ3v) is 6.37. The Balaban J connectivity index is 1.90. The van der Waals surface area contributed by atoms with Gasteiger partial charge >= 0.3 is 0 Å². The maximum atomic E-state index is 14.6. The highest BCUT2D eigenvalue weighted by molar-refractivity contribution is 9.10. The fourth-order valence-corrected chi connectivity index (χ4v) is 5.41. The summed E-state index contributed by atoms with van der Waals surface area (Å²) in [6, 6.07) is 3.48. The molecule has 0 aliphatic carbocycles. The first-order valence-corrected chi connectivity index (χ1v) is 10.5. The van der Waals surface area contributed by atoms with Gasteiger partial charge < -0.3 is 15.0 Å². The zero-order chi connectivity index (χ0) is 20.0. The first kappa shape index (κ1) is 20.5. The van der Waals surface area contributed by atoms with Gasteiger partial charge in [0, 0.05) is 28.6 Å². The molecule has 148 valence electrons. The Morgan fingerprint density at radius 3 is 2.44 bits per heavy atom. The van der Waals surface area contributed by atoms with Crippen LogP contribution in [0.3, 0.4) is 0 Å². The number of halogens is 2. The predicted molar refractivity (Wildman–Crippen MR) is 112 cm³/mol. The summed E-state index contributed by atoms with van der Waals surface area (Å²) in [4.78, 5) is 2.18. The molecule has 0 amide bonds. The number of aromatic nitrogens is 2. The van der Waals surface area contributed by atoms with Crippen LogP contribution in [0.4, 0.5) is 9.52 Å². The zero-order valence-electron chi connectivity index (χ0n) is 16.6. The Labute approximate surface area is 172 Å². The van der Waals surface area contributed by atoms with Crippen molar-refractivity contribution in [2.45, 2.75) is 57.7 Å². The topological polar surface area (TPSA) is 50.3 Å². The van der Waals surface area contributed by atoms with E-state index >= 15 is 0 Å². The number of nitrogens with one attached hydrogen (secondary N) is 1. The minimum Gasteiger partial charge on any atom is -0.496 e. The normalized spacial score (nSPS) is 19.1. The average Bonchev–Trinajstić information content (AvgIpc) is 2.99. The third-order valence-electron chi connectivity index (χ3n) is 4.89. The molecule has 0 unspecified atom stereocenters. The van der Waals surface area contributed by atoms with E-state index in [0.29, 0.717) is 26.8 Å². The van der Waals surface area contributed by atoms with Crippen molar-refractivity contribution in [3.8, 4) is 16.3 Å². The summed E-state index contributed by atoms with van der Waals surface area (Å²) in [7, 11) is 3.57. The van der Waals surface area contributed by atoms with E-state index in [1.165, 1.54) is 24.5 Å². The Morgan fingerprint density at radius 1 is 1.22 bits per heavy atom. The van der Waals surface area contributed by atoms with Crippen molar-refractivity contribution >= 4 is 32.4 Å². The molecule has 2 heterocycles. The number of methoxy groups -OCH3 is 1. The van der Waals surface area contributed by atoms with E-state index in [9.17, 15) is 4.39 Å². The number of nitrogens with zero attached hydrogens (tertiary/aromatic N) is 3. The number of hydrogen-bond donors (Lipinski definition) is 1. The summed E-state index contributed by atoms with van der Waals surface area (Å²) in [6.45, 7) is 8.90. The molecule has 27 heavy (non-hydrogen) atoms. The van der Waals surface area contributed by atoms with Crippen LogP contribution in [0.25, 0.3) is 10.6 Å². The molecule has 1 aliphatic heterocycles. The van der Waals surface area contributed by atoms with Crippen LogP contribution < -0.4 is 15.0 Å². The van der Waals surface area contributed by atoms with Gasteiger partial charge in [0.15, 0.2) is 5.01 Å². The fraction of sp³-hybridized carbons (Fsp3) is 0.579. The van der Waals surface area contributed by atoms with Gasteiger partial charge in [0.05, 0.1) is 12.7 Å². The molecular formula is C19H26BrFN4OS. The van der Waals surface area contributed by atoms with Crippen LogP contribution in [0.15, 0.2) is 16.6 Å². The number of benzene rings is 1. The zero-order valence-corrected chi connectivity index (χ0v) is 19.0. The Kier molecular flexibility index (Phi) is 5.53. The first-order valence-electron chi connectivity index (χ1n) is 8.90. The van der Waals surface area contributed by atoms with Crippen molar-refractivity contribution in [1.29, 1.82) is 0 Å². The summed E-state index contributed by atoms with van der Waals surface area (Å²) in [5, 5.41) is 13.6. The van der Waals surface area contributed by atoms with Crippen molar-refractivity contribution in [2.24, 2.45) is 0 Å². The van der Waals surface area contributed by atoms with Crippen molar-refractivity contribution < 1.29 is 9.13 Å². The van der Waals surface area contributed by atoms with Crippen molar-refractivity contribution in [2.75, 3.05) is 19.1 Å². The lowest BCUT2D eigenvalue weighted by Crippen LogP contribution is -2.61. The molecule has 1 N–H and O–H groups in total. The molecule has 1 fully saturated rings. The minimum atomic E-state index is -0.379. The standard InChI is InChI=1S/C19H26BrFN4OS/c1-18(2)9-12(10-19(3,4)24-18)25(5)17-23-22-16(27-17)15-13(21)7-11(20)8-14(15)26-6/h7-8,12,24H,9-10H2,1-6H3. The molecule has 2 aromatic rings. The monoisotopic (exact) mass is 456 g/mol. The summed E-state index contributed by atoms with van der Waals surface area (Å²) in [6.07, 6.45) is 2.00. The molecule has 0 atom stereocenters. The molecule has 1 saturated heterocycles. The van der Waals surface area contributed by atoms with Crippen LogP contribution in [-0.2, 0) is 0 Å². The van der Waals surface area contributed by atoms with Gasteiger partial charge in [-0.3, -0.25) is 0 Å². The van der Waals surface area contributed by atoms with Crippen LogP contribution >= 0.6 is 27.3 Å². The summed E-state index contributed by atoms with van der Waals surface area (Å²) < 4.78 is 20.5. The van der Waals surface area contributed by atoms with Gasteiger partial charge in [-0.15, -0.1) is 10.2 Å². The van der Waals surface area contributed by atoms with Gasteiger partial charge in [-0.1, -0.05) is 27.3 Å². The Morgan fingerprint density at radius 2 is 1.85 bits per heavy atom. The van der Waals surface area contributed by atoms with E-state index in [4.69, 9.17) is 4.74 Å². The predicted octanol–water partition coefficient (Wildman–Crippen LogP) is 4.86. The number of ether oxygens (including phenoxy) is 1. The maximum absolute atomic E-state index is 14.6. The molecule has 1 aliphatic rings. The third kappa shape index (κ3) is 4.43. The van der Waals surface area contributed by atoms with E-state index in [1.807, 2.05) is 7.05 Å². The van der Waals surface area contributed by atoms with Gasteiger partial charge in [-0.25, -0.2) is 4.39 Å². The molecule has 5 nitrogen and oxygen atoms in total. The van der Waals surface area contributed by atoms with E-state index in [1.54, 1.807) is 6.07 Å². The highest BCUT2D eigenvalue weighted by atomic mass is 79.9. The van der Waals surface area contributed by atoms with Crippen LogP contribution in [0.1, 0.15) is 40.5 Å². The second-order valence-electron chi connectivity index (χ2n) is 8.42. The maximum Gasteiger partial charge on any atom is 0.208 e. The van der Waals surface area contributed by atoms with Gasteiger partial charge in [-0.05, 0) is 52.7 Å². The van der Waals surface area contributed by atoms with Crippen molar-refractivity contribution in [1.82, 2.24) is 15.5 Å². The summed E-state index contributed by atoms with van der Waals surface area (Å²) in [5.74, 6) is 0.0621. The van der Waals surface area contributed by atoms with Crippen LogP contribution in [0.2, 0.25) is 0 Å². The van der Waals surface area contributed by atoms with E-state index in [-0.39, 0.29) is 16.9 Å². The summed E-state index contributed by atoms with van der Waals surface area (Å²) >= 11 is 4.68. The molecule has 0 bridgehead atoms. The fourth-order valence-electron chi connectivity index (χ4n) is 4.08. The highest BCUT2D eigenvalue weighted by Gasteiger charge is 2.39. The SMILES string of the molecule is COc1cc(Br)cc(F)c1-c1nnc(N(C)C2CC(C)(C)NC(C)(C)C2)s1. The minimum absolute atomic E-state index is 0.0369. The van der Waals surface area contributed by atoms with Gasteiger partial charge in [-0.2, -0.15) is 0 Å². The Bertz CT molecular complexity index is 823. The molecule has 8 heteroatoms. The lowest BCUT2D eigenvalue weighted by atomic mass is 9.79. The van der Waals surface area contributed by atoms with E-state index in [0.717, 1.165) is 18.0 Å². The largest absolute Gasteiger partial charge is 0.496 e. The van der Waals surface area contributed by atoms with Gasteiger partial charge in [0.25, 0.3) is 0 Å². The highest BCUT2D eigenvalue weighted by Crippen LogP contribution is 2.40. The second kappa shape index (κ2) is 7.29. The van der Waals surface area contributed by atoms with Gasteiger partial charge in [0.2, 0.25) is 5.13 Å². The Hall–Kier alpha value is -1.25. The number of anilines is 1. The smallest absolute Gasteiger partial charge is 0.208 e. The van der Waals surface area contributed by atoms with E-state index in [2.05, 4.69) is 64.0 Å². The molecule has 0 radical (unpaired) electrons. The first-order chi connectivity index (χ1) is 12.5. The van der Waals surface area contributed by atoms with Crippen molar-refractivity contribution in [3.05, 3.63) is 22.4 Å². The average molecular weight is 457 g/mol. The quantitative estimate of drug-likeness (QED) is 0.711. The van der Waals surface area contributed by atoms with Gasteiger partial charge in [0.1, 0.15) is 11.6 Å². The molecule has 1 aromatic heterocycles. The second-order valence-corrected chi connectivity index (χ2v) is 10.3. The lowest BCUT2D eigenvalue weighted by Gasteiger charge is -2.48. The number of hydrogen-bond acceptors (Lipinski definition) is 6. The molecule has 1 aromatic carbocycles. The number of rotatable bonds is 4. The molecule has 0 saturated carbocycles. The van der Waals surface area contributed by atoms with Crippen LogP contribution in [-0.4, -0.2) is 41.5 Å². The lowest BCUT2D eigenvalue weighted by molar-refractivity contribution is 0.161. The van der Waals surface area contributed by atoms with Crippen LogP contribution in [0, 0.1) is 5.82 Å². The number of piperidine rings is 1. The molecule has 3 rings (SSSR count). The summed E-state index contributed by atoms with van der Waals surface area (Å²) in [5.41, 5.74) is 0.425. The van der Waals surface area contributed by atoms with Crippen LogP contribution in [0.5, 0.6) is 5.75 Å². The van der Waals surface area contributed by atoms with Crippen molar-refractivity contribution in [3.63, 3.8) is 0 Å². The molecular weight excluding hydrogens is 431 g/mol.